The number of rotatable bonds is 4. The van der Waals surface area contributed by atoms with Crippen molar-refractivity contribution in [3.63, 3.8) is 0 Å². The highest BCUT2D eigenvalue weighted by molar-refractivity contribution is 5.76. The fourth-order valence-electron chi connectivity index (χ4n) is 3.52. The van der Waals surface area contributed by atoms with Gasteiger partial charge in [0.05, 0.1) is 5.69 Å². The van der Waals surface area contributed by atoms with Crippen LogP contribution in [0.3, 0.4) is 0 Å². The molecule has 0 saturated carbocycles. The second kappa shape index (κ2) is 6.56. The van der Waals surface area contributed by atoms with Crippen LogP contribution in [-0.2, 0) is 18.3 Å². The molecule has 6 heteroatoms. The molecule has 0 radical (unpaired) electrons. The molecule has 3 rings (SSSR count). The number of nitrogens with zero attached hydrogens (tertiary/aromatic N) is 4. The molecule has 1 aliphatic rings. The SMILES string of the molecule is Cc1nn(C)c(C)c1CCC(=O)N1CCC[C@@H](c2ccn[nH]2)C1. The predicted octanol–water partition coefficient (Wildman–Crippen LogP) is 2.10. The van der Waals surface area contributed by atoms with Crippen molar-refractivity contribution in [2.24, 2.45) is 7.05 Å². The van der Waals surface area contributed by atoms with Crippen LogP contribution in [-0.4, -0.2) is 43.9 Å². The first-order chi connectivity index (χ1) is 11.1. The Kier molecular flexibility index (Phi) is 4.50. The van der Waals surface area contributed by atoms with Crippen LogP contribution in [0.2, 0.25) is 0 Å². The van der Waals surface area contributed by atoms with E-state index >= 15 is 0 Å². The first-order valence-electron chi connectivity index (χ1n) is 8.32. The average molecular weight is 315 g/mol. The van der Waals surface area contributed by atoms with E-state index in [9.17, 15) is 4.79 Å². The summed E-state index contributed by atoms with van der Waals surface area (Å²) in [6, 6.07) is 2.01. The van der Waals surface area contributed by atoms with Crippen LogP contribution in [0.5, 0.6) is 0 Å². The van der Waals surface area contributed by atoms with Crippen LogP contribution in [0.25, 0.3) is 0 Å². The number of H-pyrrole nitrogens is 1. The van der Waals surface area contributed by atoms with Crippen LogP contribution >= 0.6 is 0 Å². The number of aromatic nitrogens is 4. The molecule has 1 amide bonds. The molecule has 2 aromatic rings. The lowest BCUT2D eigenvalue weighted by Crippen LogP contribution is -2.39. The average Bonchev–Trinajstić information content (AvgIpc) is 3.16. The fourth-order valence-corrected chi connectivity index (χ4v) is 3.52. The Bertz CT molecular complexity index is 673. The minimum Gasteiger partial charge on any atom is -0.342 e. The zero-order valence-corrected chi connectivity index (χ0v) is 14.2. The summed E-state index contributed by atoms with van der Waals surface area (Å²) in [6.45, 7) is 5.75. The van der Waals surface area contributed by atoms with E-state index in [1.54, 1.807) is 6.20 Å². The van der Waals surface area contributed by atoms with Crippen molar-refractivity contribution in [2.75, 3.05) is 13.1 Å². The normalized spacial score (nSPS) is 18.4. The monoisotopic (exact) mass is 315 g/mol. The highest BCUT2D eigenvalue weighted by Crippen LogP contribution is 2.26. The van der Waals surface area contributed by atoms with Gasteiger partial charge in [-0.1, -0.05) is 0 Å². The van der Waals surface area contributed by atoms with Gasteiger partial charge in [-0.15, -0.1) is 0 Å². The first kappa shape index (κ1) is 15.8. The van der Waals surface area contributed by atoms with E-state index in [0.717, 1.165) is 49.4 Å². The molecule has 124 valence electrons. The van der Waals surface area contributed by atoms with E-state index in [-0.39, 0.29) is 5.91 Å². The molecule has 0 unspecified atom stereocenters. The Morgan fingerprint density at radius 2 is 2.26 bits per heavy atom. The maximum atomic E-state index is 12.6. The third-order valence-corrected chi connectivity index (χ3v) is 4.98. The number of aryl methyl sites for hydroxylation is 2. The number of hydrogen-bond donors (Lipinski definition) is 1. The predicted molar refractivity (Wildman–Crippen MR) is 88.1 cm³/mol. The molecule has 23 heavy (non-hydrogen) atoms. The van der Waals surface area contributed by atoms with Crippen LogP contribution in [0.1, 0.15) is 47.8 Å². The molecule has 0 aliphatic carbocycles. The summed E-state index contributed by atoms with van der Waals surface area (Å²) in [5, 5.41) is 11.5. The van der Waals surface area contributed by atoms with Crippen LogP contribution < -0.4 is 0 Å². The number of carbonyl (C=O) groups excluding carboxylic acids is 1. The van der Waals surface area contributed by atoms with Crippen molar-refractivity contribution in [3.05, 3.63) is 34.9 Å². The minimum absolute atomic E-state index is 0.247. The zero-order valence-electron chi connectivity index (χ0n) is 14.2. The molecule has 1 fully saturated rings. The summed E-state index contributed by atoms with van der Waals surface area (Å²) in [7, 11) is 1.95. The molecule has 3 heterocycles. The van der Waals surface area contributed by atoms with Gasteiger partial charge < -0.3 is 4.90 Å². The van der Waals surface area contributed by atoms with E-state index in [1.165, 1.54) is 5.56 Å². The molecule has 1 N–H and O–H groups in total. The van der Waals surface area contributed by atoms with Gasteiger partial charge in [0.1, 0.15) is 0 Å². The molecule has 1 aliphatic heterocycles. The molecule has 0 bridgehead atoms. The number of nitrogens with one attached hydrogen (secondary N) is 1. The van der Waals surface area contributed by atoms with Gasteiger partial charge in [0.2, 0.25) is 5.91 Å². The lowest BCUT2D eigenvalue weighted by molar-refractivity contribution is -0.132. The van der Waals surface area contributed by atoms with E-state index in [1.807, 2.05) is 29.6 Å². The Morgan fingerprint density at radius 1 is 1.43 bits per heavy atom. The van der Waals surface area contributed by atoms with Crippen LogP contribution in [0, 0.1) is 13.8 Å². The number of likely N-dealkylation sites (tertiary alicyclic amines) is 1. The summed E-state index contributed by atoms with van der Waals surface area (Å²) in [4.78, 5) is 14.6. The number of aromatic amines is 1. The number of carbonyl (C=O) groups is 1. The van der Waals surface area contributed by atoms with Crippen molar-refractivity contribution in [1.29, 1.82) is 0 Å². The quantitative estimate of drug-likeness (QED) is 0.939. The van der Waals surface area contributed by atoms with Crippen molar-refractivity contribution in [1.82, 2.24) is 24.9 Å². The maximum Gasteiger partial charge on any atom is 0.222 e. The van der Waals surface area contributed by atoms with Crippen molar-refractivity contribution >= 4 is 5.91 Å². The minimum atomic E-state index is 0.247. The zero-order chi connectivity index (χ0) is 16.4. The van der Waals surface area contributed by atoms with E-state index in [2.05, 4.69) is 22.2 Å². The Balaban J connectivity index is 1.59. The van der Waals surface area contributed by atoms with Gasteiger partial charge in [0.15, 0.2) is 0 Å². The number of hydrogen-bond acceptors (Lipinski definition) is 3. The number of piperidine rings is 1. The fraction of sp³-hybridized carbons (Fsp3) is 0.588. The van der Waals surface area contributed by atoms with Gasteiger partial charge in [0.25, 0.3) is 0 Å². The number of amides is 1. The van der Waals surface area contributed by atoms with Crippen molar-refractivity contribution in [2.45, 2.75) is 45.4 Å². The summed E-state index contributed by atoms with van der Waals surface area (Å²) in [5.74, 6) is 0.633. The Morgan fingerprint density at radius 3 is 2.91 bits per heavy atom. The third kappa shape index (κ3) is 3.30. The van der Waals surface area contributed by atoms with E-state index in [4.69, 9.17) is 0 Å². The van der Waals surface area contributed by atoms with Gasteiger partial charge in [-0.05, 0) is 44.7 Å². The molecular weight excluding hydrogens is 290 g/mol. The smallest absolute Gasteiger partial charge is 0.222 e. The van der Waals surface area contributed by atoms with Gasteiger partial charge in [-0.25, -0.2) is 0 Å². The van der Waals surface area contributed by atoms with Gasteiger partial charge in [-0.2, -0.15) is 10.2 Å². The van der Waals surface area contributed by atoms with Gasteiger partial charge >= 0.3 is 0 Å². The lowest BCUT2D eigenvalue weighted by Gasteiger charge is -2.32. The lowest BCUT2D eigenvalue weighted by atomic mass is 9.94. The largest absolute Gasteiger partial charge is 0.342 e. The standard InChI is InChI=1S/C17H25N5O/c1-12-15(13(2)21(3)20-12)6-7-17(23)22-10-4-5-14(11-22)16-8-9-18-19-16/h8-9,14H,4-7,10-11H2,1-3H3,(H,18,19)/t14-/m1/s1. The molecule has 0 aromatic carbocycles. The molecule has 6 nitrogen and oxygen atoms in total. The first-order valence-corrected chi connectivity index (χ1v) is 8.32. The highest BCUT2D eigenvalue weighted by atomic mass is 16.2. The molecular formula is C17H25N5O. The maximum absolute atomic E-state index is 12.6. The second-order valence-corrected chi connectivity index (χ2v) is 6.46. The Labute approximate surface area is 136 Å². The topological polar surface area (TPSA) is 66.8 Å². The van der Waals surface area contributed by atoms with Crippen LogP contribution in [0.4, 0.5) is 0 Å². The molecule has 2 aromatic heterocycles. The van der Waals surface area contributed by atoms with Gasteiger partial charge in [-0.3, -0.25) is 14.6 Å². The summed E-state index contributed by atoms with van der Waals surface area (Å²) >= 11 is 0. The summed E-state index contributed by atoms with van der Waals surface area (Å²) < 4.78 is 1.89. The van der Waals surface area contributed by atoms with Crippen molar-refractivity contribution < 1.29 is 4.79 Å². The molecule has 1 atom stereocenters. The van der Waals surface area contributed by atoms with Gasteiger partial charge in [0, 0.05) is 50.1 Å². The second-order valence-electron chi connectivity index (χ2n) is 6.46. The van der Waals surface area contributed by atoms with E-state index < -0.39 is 0 Å². The summed E-state index contributed by atoms with van der Waals surface area (Å²) in [5.41, 5.74) is 4.54. The summed E-state index contributed by atoms with van der Waals surface area (Å²) in [6.07, 6.45) is 5.29. The Hall–Kier alpha value is -2.11. The highest BCUT2D eigenvalue weighted by Gasteiger charge is 2.25. The molecule has 1 saturated heterocycles. The van der Waals surface area contributed by atoms with E-state index in [0.29, 0.717) is 12.3 Å². The van der Waals surface area contributed by atoms with Crippen molar-refractivity contribution in [3.8, 4) is 0 Å². The molecule has 0 spiro atoms. The van der Waals surface area contributed by atoms with Crippen LogP contribution in [0.15, 0.2) is 12.3 Å². The third-order valence-electron chi connectivity index (χ3n) is 4.98.